The second-order valence-corrected chi connectivity index (χ2v) is 6.92. The van der Waals surface area contributed by atoms with Crippen molar-refractivity contribution < 1.29 is 4.79 Å². The van der Waals surface area contributed by atoms with Crippen LogP contribution in [-0.4, -0.2) is 35.5 Å². The molecule has 2 unspecified atom stereocenters. The van der Waals surface area contributed by atoms with Crippen molar-refractivity contribution in [3.05, 3.63) is 0 Å². The van der Waals surface area contributed by atoms with Crippen LogP contribution in [0.1, 0.15) is 72.1 Å². The lowest BCUT2D eigenvalue weighted by Crippen LogP contribution is -2.56. The highest BCUT2D eigenvalue weighted by Crippen LogP contribution is 2.32. The minimum absolute atomic E-state index is 0.0568. The summed E-state index contributed by atoms with van der Waals surface area (Å²) in [6, 6.07) is 0.930. The highest BCUT2D eigenvalue weighted by molar-refractivity contribution is 5.83. The predicted molar refractivity (Wildman–Crippen MR) is 83.7 cm³/mol. The summed E-state index contributed by atoms with van der Waals surface area (Å²) in [7, 11) is 0. The summed E-state index contributed by atoms with van der Waals surface area (Å²) in [5.41, 5.74) is 0. The molecule has 0 aromatic carbocycles. The minimum atomic E-state index is 0.0568. The SMILES string of the molecule is CCC(C1CCCCC1)N1CCCC(NC(C)C)C1=O. The summed E-state index contributed by atoms with van der Waals surface area (Å²) in [4.78, 5) is 15.0. The summed E-state index contributed by atoms with van der Waals surface area (Å²) in [6.45, 7) is 7.49. The molecular weight excluding hydrogens is 248 g/mol. The van der Waals surface area contributed by atoms with Gasteiger partial charge in [-0.25, -0.2) is 0 Å². The molecule has 2 rings (SSSR count). The van der Waals surface area contributed by atoms with E-state index in [0.717, 1.165) is 31.7 Å². The van der Waals surface area contributed by atoms with Crippen LogP contribution in [0.2, 0.25) is 0 Å². The quantitative estimate of drug-likeness (QED) is 0.837. The molecule has 2 fully saturated rings. The standard InChI is InChI=1S/C17H32N2O/c1-4-16(14-9-6-5-7-10-14)19-12-8-11-15(17(19)20)18-13(2)3/h13-16,18H,4-12H2,1-3H3. The third-order valence-corrected chi connectivity index (χ3v) is 5.02. The van der Waals surface area contributed by atoms with E-state index in [9.17, 15) is 4.79 Å². The molecule has 1 saturated heterocycles. The lowest BCUT2D eigenvalue weighted by molar-refractivity contribution is -0.140. The molecule has 1 heterocycles. The lowest BCUT2D eigenvalue weighted by Gasteiger charge is -2.43. The Morgan fingerprint density at radius 1 is 1.15 bits per heavy atom. The van der Waals surface area contributed by atoms with E-state index in [0.29, 0.717) is 18.0 Å². The van der Waals surface area contributed by atoms with Crippen LogP contribution in [0.15, 0.2) is 0 Å². The summed E-state index contributed by atoms with van der Waals surface area (Å²) in [5, 5.41) is 3.45. The van der Waals surface area contributed by atoms with E-state index in [4.69, 9.17) is 0 Å². The molecular formula is C17H32N2O. The fraction of sp³-hybridized carbons (Fsp3) is 0.941. The van der Waals surface area contributed by atoms with E-state index < -0.39 is 0 Å². The first-order valence-electron chi connectivity index (χ1n) is 8.70. The molecule has 2 aliphatic rings. The molecule has 1 N–H and O–H groups in total. The Morgan fingerprint density at radius 2 is 1.85 bits per heavy atom. The summed E-state index contributed by atoms with van der Waals surface area (Å²) < 4.78 is 0. The van der Waals surface area contributed by atoms with Gasteiger partial charge in [-0.2, -0.15) is 0 Å². The number of piperidine rings is 1. The summed E-state index contributed by atoms with van der Waals surface area (Å²) in [5.74, 6) is 1.11. The van der Waals surface area contributed by atoms with Crippen LogP contribution in [0.5, 0.6) is 0 Å². The Labute approximate surface area is 124 Å². The van der Waals surface area contributed by atoms with Crippen LogP contribution in [0.3, 0.4) is 0 Å². The number of rotatable bonds is 5. The lowest BCUT2D eigenvalue weighted by atomic mass is 9.81. The van der Waals surface area contributed by atoms with Crippen molar-refractivity contribution >= 4 is 5.91 Å². The molecule has 116 valence electrons. The van der Waals surface area contributed by atoms with Crippen LogP contribution < -0.4 is 5.32 Å². The van der Waals surface area contributed by atoms with Gasteiger partial charge in [0.25, 0.3) is 0 Å². The number of nitrogens with one attached hydrogen (secondary N) is 1. The first-order valence-corrected chi connectivity index (χ1v) is 8.70. The van der Waals surface area contributed by atoms with Crippen LogP contribution in [0, 0.1) is 5.92 Å². The molecule has 0 radical (unpaired) electrons. The second kappa shape index (κ2) is 7.44. The Morgan fingerprint density at radius 3 is 2.45 bits per heavy atom. The minimum Gasteiger partial charge on any atom is -0.338 e. The zero-order valence-electron chi connectivity index (χ0n) is 13.5. The first-order chi connectivity index (χ1) is 9.63. The number of hydrogen-bond donors (Lipinski definition) is 1. The van der Waals surface area contributed by atoms with Crippen molar-refractivity contribution in [1.29, 1.82) is 0 Å². The van der Waals surface area contributed by atoms with Crippen molar-refractivity contribution in [2.75, 3.05) is 6.54 Å². The van der Waals surface area contributed by atoms with Crippen LogP contribution in [0.4, 0.5) is 0 Å². The van der Waals surface area contributed by atoms with E-state index in [1.165, 1.54) is 32.1 Å². The number of carbonyl (C=O) groups excluding carboxylic acids is 1. The van der Waals surface area contributed by atoms with Crippen molar-refractivity contribution in [3.8, 4) is 0 Å². The molecule has 2 atom stereocenters. The second-order valence-electron chi connectivity index (χ2n) is 6.92. The van der Waals surface area contributed by atoms with E-state index in [2.05, 4.69) is 31.0 Å². The van der Waals surface area contributed by atoms with E-state index in [-0.39, 0.29) is 6.04 Å². The number of hydrogen-bond acceptors (Lipinski definition) is 2. The molecule has 3 nitrogen and oxygen atoms in total. The average Bonchev–Trinajstić information content (AvgIpc) is 2.44. The van der Waals surface area contributed by atoms with E-state index >= 15 is 0 Å². The third kappa shape index (κ3) is 3.75. The van der Waals surface area contributed by atoms with Crippen molar-refractivity contribution in [2.24, 2.45) is 5.92 Å². The average molecular weight is 280 g/mol. The maximum Gasteiger partial charge on any atom is 0.239 e. The Hall–Kier alpha value is -0.570. The van der Waals surface area contributed by atoms with Gasteiger partial charge in [0, 0.05) is 18.6 Å². The third-order valence-electron chi connectivity index (χ3n) is 5.02. The van der Waals surface area contributed by atoms with Crippen molar-refractivity contribution in [3.63, 3.8) is 0 Å². The van der Waals surface area contributed by atoms with Crippen molar-refractivity contribution in [1.82, 2.24) is 10.2 Å². The molecule has 0 aromatic heterocycles. The van der Waals surface area contributed by atoms with Crippen LogP contribution >= 0.6 is 0 Å². The fourth-order valence-corrected chi connectivity index (χ4v) is 4.11. The predicted octanol–water partition coefficient (Wildman–Crippen LogP) is 3.33. The van der Waals surface area contributed by atoms with Gasteiger partial charge in [-0.1, -0.05) is 40.0 Å². The Bertz CT molecular complexity index is 310. The van der Waals surface area contributed by atoms with E-state index in [1.807, 2.05) is 0 Å². The topological polar surface area (TPSA) is 32.3 Å². The van der Waals surface area contributed by atoms with Gasteiger partial charge in [-0.05, 0) is 38.0 Å². The normalized spacial score (nSPS) is 27.1. The Kier molecular flexibility index (Phi) is 5.88. The first kappa shape index (κ1) is 15.8. The molecule has 0 aromatic rings. The number of nitrogens with zero attached hydrogens (tertiary/aromatic N) is 1. The number of carbonyl (C=O) groups is 1. The monoisotopic (exact) mass is 280 g/mol. The number of amides is 1. The molecule has 3 heteroatoms. The molecule has 1 aliphatic heterocycles. The van der Waals surface area contributed by atoms with Gasteiger partial charge in [-0.15, -0.1) is 0 Å². The molecule has 0 spiro atoms. The summed E-state index contributed by atoms with van der Waals surface area (Å²) >= 11 is 0. The van der Waals surface area contributed by atoms with Gasteiger partial charge < -0.3 is 10.2 Å². The highest BCUT2D eigenvalue weighted by Gasteiger charge is 2.36. The van der Waals surface area contributed by atoms with Gasteiger partial charge in [-0.3, -0.25) is 4.79 Å². The van der Waals surface area contributed by atoms with Gasteiger partial charge in [0.1, 0.15) is 0 Å². The van der Waals surface area contributed by atoms with E-state index in [1.54, 1.807) is 0 Å². The maximum absolute atomic E-state index is 12.8. The van der Waals surface area contributed by atoms with Gasteiger partial charge in [0.2, 0.25) is 5.91 Å². The number of likely N-dealkylation sites (tertiary alicyclic amines) is 1. The molecule has 20 heavy (non-hydrogen) atoms. The van der Waals surface area contributed by atoms with Crippen molar-refractivity contribution in [2.45, 2.75) is 90.3 Å². The maximum atomic E-state index is 12.8. The molecule has 1 saturated carbocycles. The zero-order chi connectivity index (χ0) is 14.5. The smallest absolute Gasteiger partial charge is 0.239 e. The largest absolute Gasteiger partial charge is 0.338 e. The fourth-order valence-electron chi connectivity index (χ4n) is 4.11. The molecule has 0 bridgehead atoms. The van der Waals surface area contributed by atoms with Gasteiger partial charge in [0.15, 0.2) is 0 Å². The molecule has 1 amide bonds. The van der Waals surface area contributed by atoms with Gasteiger partial charge in [0.05, 0.1) is 6.04 Å². The molecule has 1 aliphatic carbocycles. The van der Waals surface area contributed by atoms with Crippen LogP contribution in [-0.2, 0) is 4.79 Å². The van der Waals surface area contributed by atoms with Crippen LogP contribution in [0.25, 0.3) is 0 Å². The van der Waals surface area contributed by atoms with Gasteiger partial charge >= 0.3 is 0 Å². The summed E-state index contributed by atoms with van der Waals surface area (Å²) in [6.07, 6.45) is 10.0. The highest BCUT2D eigenvalue weighted by atomic mass is 16.2. The zero-order valence-corrected chi connectivity index (χ0v) is 13.5. The Balaban J connectivity index is 2.02.